The van der Waals surface area contributed by atoms with Crippen LogP contribution in [0.25, 0.3) is 22.2 Å². The van der Waals surface area contributed by atoms with E-state index in [4.69, 9.17) is 4.98 Å². The second-order valence-corrected chi connectivity index (χ2v) is 9.06. The van der Waals surface area contributed by atoms with E-state index in [0.717, 1.165) is 42.5 Å². The molecule has 2 fully saturated rings. The molecule has 1 aromatic heterocycles. The number of hydrogen-bond acceptors (Lipinski definition) is 3. The molecular weight excluding hydrogens is 563 g/mol. The summed E-state index contributed by atoms with van der Waals surface area (Å²) in [6.45, 7) is 4.41. The zero-order valence-corrected chi connectivity index (χ0v) is 20.7. The van der Waals surface area contributed by atoms with Gasteiger partial charge in [-0.25, -0.2) is 0 Å². The van der Waals surface area contributed by atoms with Gasteiger partial charge in [-0.2, -0.15) is 0 Å². The maximum absolute atomic E-state index is 9.59. The topological polar surface area (TPSA) is 53.4 Å². The molecule has 0 aliphatic heterocycles. The van der Waals surface area contributed by atoms with Gasteiger partial charge in [0.1, 0.15) is 0 Å². The number of benzene rings is 2. The molecule has 0 amide bonds. The maximum Gasteiger partial charge on any atom is 0.0598 e. The van der Waals surface area contributed by atoms with Crippen molar-refractivity contribution in [3.63, 3.8) is 0 Å². The minimum absolute atomic E-state index is 0. The van der Waals surface area contributed by atoms with Gasteiger partial charge >= 0.3 is 0 Å². The Hall–Kier alpha value is -1.58. The van der Waals surface area contributed by atoms with Gasteiger partial charge in [0.25, 0.3) is 0 Å². The summed E-state index contributed by atoms with van der Waals surface area (Å²) in [5.41, 5.74) is 4.41. The number of aromatic nitrogens is 1. The normalized spacial score (nSPS) is 24.8. The number of rotatable bonds is 2. The van der Waals surface area contributed by atoms with Crippen LogP contribution in [0.5, 0.6) is 0 Å². The van der Waals surface area contributed by atoms with Crippen LogP contribution < -0.4 is 0 Å². The van der Waals surface area contributed by atoms with E-state index in [2.05, 4.69) is 50.2 Å². The van der Waals surface area contributed by atoms with Crippen molar-refractivity contribution in [3.05, 3.63) is 66.2 Å². The number of hydrogen-bond donors (Lipinski definition) is 2. The first-order chi connectivity index (χ1) is 14.5. The van der Waals surface area contributed by atoms with Gasteiger partial charge in [-0.05, 0) is 60.2 Å². The molecule has 2 N–H and O–H groups in total. The molecular formula is C27H32IrNO2-. The monoisotopic (exact) mass is 595 g/mol. The first-order valence-electron chi connectivity index (χ1n) is 11.3. The van der Waals surface area contributed by atoms with Crippen LogP contribution in [0, 0.1) is 17.9 Å². The van der Waals surface area contributed by atoms with Crippen LogP contribution in [0.3, 0.4) is 0 Å². The van der Waals surface area contributed by atoms with E-state index >= 15 is 0 Å². The summed E-state index contributed by atoms with van der Waals surface area (Å²) in [6.07, 6.45) is 4.88. The summed E-state index contributed by atoms with van der Waals surface area (Å²) in [4.78, 5) is 4.76. The zero-order valence-electron chi connectivity index (χ0n) is 18.3. The van der Waals surface area contributed by atoms with Crippen LogP contribution in [0.4, 0.5) is 0 Å². The fourth-order valence-corrected chi connectivity index (χ4v) is 4.97. The maximum atomic E-state index is 9.59. The van der Waals surface area contributed by atoms with Crippen LogP contribution in [-0.2, 0) is 20.1 Å². The number of aliphatic hydroxyl groups excluding tert-OH is 2. The number of pyridine rings is 1. The van der Waals surface area contributed by atoms with Crippen molar-refractivity contribution in [2.75, 3.05) is 0 Å². The Morgan fingerprint density at radius 2 is 1.71 bits per heavy atom. The predicted octanol–water partition coefficient (Wildman–Crippen LogP) is 5.74. The fourth-order valence-electron chi connectivity index (χ4n) is 4.97. The molecule has 4 unspecified atom stereocenters. The Labute approximate surface area is 199 Å². The van der Waals surface area contributed by atoms with E-state index < -0.39 is 0 Å². The van der Waals surface area contributed by atoms with Gasteiger partial charge in [0.05, 0.1) is 17.7 Å². The third-order valence-corrected chi connectivity index (χ3v) is 6.71. The van der Waals surface area contributed by atoms with Crippen LogP contribution in [-0.4, -0.2) is 27.4 Å². The van der Waals surface area contributed by atoms with Crippen molar-refractivity contribution < 1.29 is 30.3 Å². The minimum Gasteiger partial charge on any atom is -0.393 e. The molecule has 167 valence electrons. The van der Waals surface area contributed by atoms with E-state index in [-0.39, 0.29) is 38.2 Å². The van der Waals surface area contributed by atoms with Crippen molar-refractivity contribution >= 4 is 10.9 Å². The molecule has 0 saturated heterocycles. The van der Waals surface area contributed by atoms with Crippen molar-refractivity contribution in [1.29, 1.82) is 0 Å². The summed E-state index contributed by atoms with van der Waals surface area (Å²) in [5.74, 6) is 1.36. The summed E-state index contributed by atoms with van der Waals surface area (Å²) < 4.78 is 0. The summed E-state index contributed by atoms with van der Waals surface area (Å²) in [6, 6.07) is 21.9. The van der Waals surface area contributed by atoms with E-state index in [1.54, 1.807) is 0 Å². The molecule has 2 aliphatic carbocycles. The SMILES string of the molecule is CC(C)c1ccc2ccc(-c3[c-]cccc3)nc2c1.OC1CCCC2CCC(O)C12.[Ir]. The molecule has 3 aromatic rings. The molecule has 2 saturated carbocycles. The molecule has 5 rings (SSSR count). The second-order valence-electron chi connectivity index (χ2n) is 9.06. The van der Waals surface area contributed by atoms with Crippen molar-refractivity contribution in [3.8, 4) is 11.3 Å². The number of nitrogens with zero attached hydrogens (tertiary/aromatic N) is 1. The molecule has 1 heterocycles. The van der Waals surface area contributed by atoms with Gasteiger partial charge in [-0.15, -0.1) is 35.9 Å². The van der Waals surface area contributed by atoms with Crippen LogP contribution in [0.15, 0.2) is 54.6 Å². The van der Waals surface area contributed by atoms with Gasteiger partial charge in [0, 0.05) is 26.0 Å². The van der Waals surface area contributed by atoms with Crippen molar-refractivity contribution in [2.45, 2.75) is 64.1 Å². The molecule has 2 aromatic carbocycles. The molecule has 3 nitrogen and oxygen atoms in total. The van der Waals surface area contributed by atoms with Crippen LogP contribution in [0.1, 0.15) is 57.4 Å². The first kappa shape index (κ1) is 24.1. The Morgan fingerprint density at radius 1 is 0.935 bits per heavy atom. The predicted molar refractivity (Wildman–Crippen MR) is 122 cm³/mol. The Kier molecular flexibility index (Phi) is 8.41. The zero-order chi connectivity index (χ0) is 21.1. The average molecular weight is 595 g/mol. The second kappa shape index (κ2) is 10.8. The summed E-state index contributed by atoms with van der Waals surface area (Å²) in [5, 5.41) is 20.3. The van der Waals surface area contributed by atoms with Crippen molar-refractivity contribution in [2.24, 2.45) is 11.8 Å². The van der Waals surface area contributed by atoms with Gasteiger partial charge in [0.2, 0.25) is 0 Å². The fraction of sp³-hybridized carbons (Fsp3) is 0.444. The molecule has 31 heavy (non-hydrogen) atoms. The van der Waals surface area contributed by atoms with Crippen LogP contribution >= 0.6 is 0 Å². The Balaban J connectivity index is 0.000000194. The molecule has 4 atom stereocenters. The number of fused-ring (bicyclic) bond motifs is 2. The van der Waals surface area contributed by atoms with Crippen LogP contribution in [0.2, 0.25) is 0 Å². The molecule has 1 radical (unpaired) electrons. The summed E-state index contributed by atoms with van der Waals surface area (Å²) in [7, 11) is 0. The largest absolute Gasteiger partial charge is 0.393 e. The summed E-state index contributed by atoms with van der Waals surface area (Å²) >= 11 is 0. The van der Waals surface area contributed by atoms with E-state index in [9.17, 15) is 10.2 Å². The molecule has 0 spiro atoms. The smallest absolute Gasteiger partial charge is 0.0598 e. The van der Waals surface area contributed by atoms with Gasteiger partial charge < -0.3 is 10.2 Å². The molecule has 0 bridgehead atoms. The van der Waals surface area contributed by atoms with E-state index in [0.29, 0.717) is 11.8 Å². The Bertz CT molecular complexity index is 973. The molecule has 2 aliphatic rings. The van der Waals surface area contributed by atoms with Gasteiger partial charge in [-0.3, -0.25) is 4.98 Å². The molecule has 4 heteroatoms. The van der Waals surface area contributed by atoms with E-state index in [1.807, 2.05) is 24.3 Å². The van der Waals surface area contributed by atoms with Crippen molar-refractivity contribution in [1.82, 2.24) is 4.98 Å². The standard InChI is InChI=1S/C18H16N.C9H16O2.Ir/c1-13(2)16-9-8-15-10-11-17(19-18(15)12-16)14-6-4-3-5-7-14;10-7-3-1-2-6-4-5-8(11)9(6)7;/h3-6,8-13H,1-2H3;6-11H,1-5H2;/q-1;;. The first-order valence-corrected chi connectivity index (χ1v) is 11.3. The minimum atomic E-state index is -0.216. The third kappa shape index (κ3) is 5.62. The quantitative estimate of drug-likeness (QED) is 0.372. The third-order valence-electron chi connectivity index (χ3n) is 6.71. The van der Waals surface area contributed by atoms with Gasteiger partial charge in [-0.1, -0.05) is 44.5 Å². The van der Waals surface area contributed by atoms with Gasteiger partial charge in [0.15, 0.2) is 0 Å². The van der Waals surface area contributed by atoms with E-state index in [1.165, 1.54) is 17.4 Å². The Morgan fingerprint density at radius 3 is 2.42 bits per heavy atom. The average Bonchev–Trinajstić information content (AvgIpc) is 3.16. The number of aliphatic hydroxyl groups is 2.